The van der Waals surface area contributed by atoms with Gasteiger partial charge in [-0.2, -0.15) is 0 Å². The molecule has 0 amide bonds. The highest BCUT2D eigenvalue weighted by Gasteiger charge is 2.46. The lowest BCUT2D eigenvalue weighted by atomic mass is 9.33. The Morgan fingerprint density at radius 2 is 0.955 bits per heavy atom. The molecule has 0 bridgehead atoms. The minimum Gasteiger partial charge on any atom is -0.456 e. The Labute approximate surface area is 393 Å². The summed E-state index contributed by atoms with van der Waals surface area (Å²) in [6, 6.07) is 51.4. The second-order valence-electron chi connectivity index (χ2n) is 24.2. The summed E-state index contributed by atoms with van der Waals surface area (Å²) in [5.41, 5.74) is 22.8. The lowest BCUT2D eigenvalue weighted by Crippen LogP contribution is -2.61. The fourth-order valence-electron chi connectivity index (χ4n) is 11.4. The number of anilines is 6. The van der Waals surface area contributed by atoms with Gasteiger partial charge in [0.05, 0.1) is 0 Å². The molecule has 7 aromatic carbocycles. The molecule has 0 saturated heterocycles. The van der Waals surface area contributed by atoms with Crippen LogP contribution < -0.4 is 26.2 Å². The Morgan fingerprint density at radius 3 is 1.55 bits per heavy atom. The van der Waals surface area contributed by atoms with E-state index in [4.69, 9.17) is 4.42 Å². The Bertz CT molecular complexity index is 3270. The average molecular weight is 865 g/mol. The SMILES string of the molecule is CC(C)(C)c1ccc2c(c1)B1c3cc(C(C)(C)C)ccc3N(c3ccc4c(c3)C(C)(C)CCC4(C)C)c3cc(C(C)(C)C)cc(c31)N2c1ccc(-c2ccc3c(c2)oc2ccccc23)cc1. The molecule has 8 aromatic rings. The zero-order valence-corrected chi connectivity index (χ0v) is 41.5. The predicted octanol–water partition coefficient (Wildman–Crippen LogP) is 15.6. The average Bonchev–Trinajstić information content (AvgIpc) is 3.64. The van der Waals surface area contributed by atoms with E-state index in [-0.39, 0.29) is 33.8 Å². The molecular formula is C62H65BN2O. The Morgan fingerprint density at radius 1 is 0.439 bits per heavy atom. The zero-order chi connectivity index (χ0) is 46.5. The number of nitrogens with zero attached hydrogens (tertiary/aromatic N) is 2. The van der Waals surface area contributed by atoms with Gasteiger partial charge in [0.1, 0.15) is 11.2 Å². The van der Waals surface area contributed by atoms with E-state index in [1.165, 1.54) is 85.5 Å². The number of fused-ring (bicyclic) bond motifs is 8. The molecule has 1 aliphatic carbocycles. The van der Waals surface area contributed by atoms with E-state index in [2.05, 4.69) is 227 Å². The van der Waals surface area contributed by atoms with Crippen molar-refractivity contribution in [3.8, 4) is 11.1 Å². The van der Waals surface area contributed by atoms with Gasteiger partial charge in [-0.3, -0.25) is 0 Å². The van der Waals surface area contributed by atoms with Crippen LogP contribution in [0.25, 0.3) is 33.1 Å². The van der Waals surface area contributed by atoms with Gasteiger partial charge in [-0.1, -0.05) is 157 Å². The highest BCUT2D eigenvalue weighted by atomic mass is 16.3. The number of benzene rings is 7. The number of hydrogen-bond donors (Lipinski definition) is 0. The maximum absolute atomic E-state index is 6.35. The van der Waals surface area contributed by atoms with Gasteiger partial charge in [-0.25, -0.2) is 0 Å². The van der Waals surface area contributed by atoms with Crippen molar-refractivity contribution in [3.63, 3.8) is 0 Å². The van der Waals surface area contributed by atoms with Crippen LogP contribution in [0.15, 0.2) is 138 Å². The van der Waals surface area contributed by atoms with Crippen molar-refractivity contribution in [2.75, 3.05) is 9.80 Å². The molecule has 2 aliphatic heterocycles. The van der Waals surface area contributed by atoms with Gasteiger partial charge in [0, 0.05) is 44.9 Å². The molecule has 332 valence electrons. The molecule has 0 spiro atoms. The van der Waals surface area contributed by atoms with E-state index in [9.17, 15) is 0 Å². The van der Waals surface area contributed by atoms with Gasteiger partial charge < -0.3 is 14.2 Å². The molecule has 4 heteroatoms. The second kappa shape index (κ2) is 14.3. The van der Waals surface area contributed by atoms with E-state index < -0.39 is 0 Å². The van der Waals surface area contributed by atoms with Crippen molar-refractivity contribution in [3.05, 3.63) is 161 Å². The van der Waals surface area contributed by atoms with E-state index in [1.54, 1.807) is 0 Å². The van der Waals surface area contributed by atoms with Crippen molar-refractivity contribution in [1.82, 2.24) is 0 Å². The maximum atomic E-state index is 6.35. The smallest absolute Gasteiger partial charge is 0.252 e. The third kappa shape index (κ3) is 6.68. The van der Waals surface area contributed by atoms with Crippen LogP contribution in [0.5, 0.6) is 0 Å². The summed E-state index contributed by atoms with van der Waals surface area (Å²) in [6.07, 6.45) is 2.37. The quantitative estimate of drug-likeness (QED) is 0.165. The zero-order valence-electron chi connectivity index (χ0n) is 41.5. The first-order chi connectivity index (χ1) is 31.1. The van der Waals surface area contributed by atoms with Crippen LogP contribution in [0.4, 0.5) is 34.1 Å². The molecule has 3 nitrogen and oxygen atoms in total. The lowest BCUT2D eigenvalue weighted by Gasteiger charge is -2.46. The van der Waals surface area contributed by atoms with E-state index >= 15 is 0 Å². The maximum Gasteiger partial charge on any atom is 0.252 e. The molecule has 3 heterocycles. The van der Waals surface area contributed by atoms with Crippen LogP contribution in [0, 0.1) is 0 Å². The van der Waals surface area contributed by atoms with Crippen LogP contribution in [0.1, 0.15) is 131 Å². The summed E-state index contributed by atoms with van der Waals surface area (Å²) >= 11 is 0. The third-order valence-electron chi connectivity index (χ3n) is 15.6. The molecule has 0 radical (unpaired) electrons. The summed E-state index contributed by atoms with van der Waals surface area (Å²) in [5, 5.41) is 2.30. The number of furan rings is 1. The van der Waals surface area contributed by atoms with Gasteiger partial charge in [0.25, 0.3) is 6.71 Å². The first kappa shape index (κ1) is 42.6. The Kier molecular flexibility index (Phi) is 9.21. The third-order valence-corrected chi connectivity index (χ3v) is 15.6. The topological polar surface area (TPSA) is 19.6 Å². The van der Waals surface area contributed by atoms with Crippen molar-refractivity contribution >= 4 is 79.2 Å². The minimum atomic E-state index is -0.105. The monoisotopic (exact) mass is 865 g/mol. The van der Waals surface area contributed by atoms with E-state index in [1.807, 2.05) is 6.07 Å². The van der Waals surface area contributed by atoms with Crippen molar-refractivity contribution < 1.29 is 4.42 Å². The normalized spacial score (nSPS) is 16.3. The van der Waals surface area contributed by atoms with Gasteiger partial charge in [0.2, 0.25) is 0 Å². The van der Waals surface area contributed by atoms with Gasteiger partial charge >= 0.3 is 0 Å². The lowest BCUT2D eigenvalue weighted by molar-refractivity contribution is 0.332. The summed E-state index contributed by atoms with van der Waals surface area (Å²) in [5.74, 6) is 0. The van der Waals surface area contributed by atoms with Crippen LogP contribution in [-0.4, -0.2) is 6.71 Å². The standard InChI is InChI=1S/C62H65BN2O/c1-58(2,3)40-21-28-51-49(33-40)63-50-34-41(59(4,5)6)22-29-52(50)65(44-25-27-47-48(37-44)62(12,13)31-30-61(47,10)11)54-36-42(60(7,8)9)35-53(57(54)63)64(51)43-23-18-38(19-24-43)39-20-26-46-45-16-14-15-17-55(45)66-56(46)32-39/h14-29,32-37H,30-31H2,1-13H3. The second-order valence-corrected chi connectivity index (χ2v) is 24.2. The molecule has 0 N–H and O–H groups in total. The first-order valence-corrected chi connectivity index (χ1v) is 24.3. The van der Waals surface area contributed by atoms with Crippen molar-refractivity contribution in [2.24, 2.45) is 0 Å². The molecular weight excluding hydrogens is 800 g/mol. The predicted molar refractivity (Wildman–Crippen MR) is 285 cm³/mol. The highest BCUT2D eigenvalue weighted by molar-refractivity contribution is 7.00. The highest BCUT2D eigenvalue weighted by Crippen LogP contribution is 2.51. The number of para-hydroxylation sites is 1. The van der Waals surface area contributed by atoms with Gasteiger partial charge in [-0.05, 0) is 162 Å². The minimum absolute atomic E-state index is 0.0199. The molecule has 0 unspecified atom stereocenters. The first-order valence-electron chi connectivity index (χ1n) is 24.3. The van der Waals surface area contributed by atoms with Crippen LogP contribution >= 0.6 is 0 Å². The van der Waals surface area contributed by atoms with Crippen LogP contribution in [-0.2, 0) is 27.1 Å². The number of rotatable bonds is 3. The summed E-state index contributed by atoms with van der Waals surface area (Å²) in [6.45, 7) is 31.0. The molecule has 0 fully saturated rings. The Balaban J connectivity index is 1.17. The van der Waals surface area contributed by atoms with E-state index in [0.29, 0.717) is 0 Å². The van der Waals surface area contributed by atoms with Crippen molar-refractivity contribution in [2.45, 2.75) is 130 Å². The van der Waals surface area contributed by atoms with Crippen LogP contribution in [0.2, 0.25) is 0 Å². The fourth-order valence-corrected chi connectivity index (χ4v) is 11.4. The summed E-state index contributed by atoms with van der Waals surface area (Å²) in [4.78, 5) is 5.21. The number of hydrogen-bond acceptors (Lipinski definition) is 3. The van der Waals surface area contributed by atoms with E-state index in [0.717, 1.165) is 38.8 Å². The molecule has 0 saturated carbocycles. The van der Waals surface area contributed by atoms with Crippen molar-refractivity contribution in [1.29, 1.82) is 0 Å². The summed E-state index contributed by atoms with van der Waals surface area (Å²) < 4.78 is 6.35. The molecule has 0 atom stereocenters. The van der Waals surface area contributed by atoms with Gasteiger partial charge in [0.15, 0.2) is 0 Å². The molecule has 3 aliphatic rings. The molecule has 66 heavy (non-hydrogen) atoms. The van der Waals surface area contributed by atoms with Gasteiger partial charge in [-0.15, -0.1) is 0 Å². The molecule has 1 aromatic heterocycles. The summed E-state index contributed by atoms with van der Waals surface area (Å²) in [7, 11) is 0. The fraction of sp³-hybridized carbons (Fsp3) is 0.323. The van der Waals surface area contributed by atoms with Crippen LogP contribution in [0.3, 0.4) is 0 Å². The largest absolute Gasteiger partial charge is 0.456 e. The Hall–Kier alpha value is -6.00. The molecule has 11 rings (SSSR count).